The number of rotatable bonds is 6. The van der Waals surface area contributed by atoms with Gasteiger partial charge in [0.25, 0.3) is 11.7 Å². The Morgan fingerprint density at radius 2 is 1.67 bits per heavy atom. The maximum absolute atomic E-state index is 13.2. The lowest BCUT2D eigenvalue weighted by molar-refractivity contribution is -0.140. The molecule has 1 fully saturated rings. The molecule has 0 aliphatic carbocycles. The predicted molar refractivity (Wildman–Crippen MR) is 125 cm³/mol. The Hall–Kier alpha value is -3.77. The lowest BCUT2D eigenvalue weighted by Gasteiger charge is -2.25. The van der Waals surface area contributed by atoms with Crippen LogP contribution in [-0.2, 0) is 16.1 Å². The van der Waals surface area contributed by atoms with Gasteiger partial charge in [0.15, 0.2) is 0 Å². The normalized spacial score (nSPS) is 17.3. The van der Waals surface area contributed by atoms with E-state index in [9.17, 15) is 14.7 Å². The van der Waals surface area contributed by atoms with Crippen molar-refractivity contribution in [2.75, 3.05) is 14.2 Å². The molecule has 33 heavy (non-hydrogen) atoms. The molecule has 1 aliphatic heterocycles. The molecule has 1 aliphatic rings. The molecule has 4 rings (SSSR count). The number of carbonyl (C=O) groups is 2. The number of aliphatic hydroxyl groups excluding tert-OH is 1. The van der Waals surface area contributed by atoms with Crippen LogP contribution in [0.4, 0.5) is 0 Å². The molecule has 0 saturated carbocycles. The van der Waals surface area contributed by atoms with Crippen molar-refractivity contribution in [2.45, 2.75) is 12.6 Å². The Morgan fingerprint density at radius 1 is 0.970 bits per heavy atom. The highest BCUT2D eigenvalue weighted by molar-refractivity contribution is 6.46. The summed E-state index contributed by atoms with van der Waals surface area (Å²) in [6.45, 7) is 0.178. The second kappa shape index (κ2) is 9.38. The van der Waals surface area contributed by atoms with Gasteiger partial charge in [0.2, 0.25) is 0 Å². The van der Waals surface area contributed by atoms with E-state index < -0.39 is 17.7 Å². The van der Waals surface area contributed by atoms with Crippen molar-refractivity contribution in [3.63, 3.8) is 0 Å². The van der Waals surface area contributed by atoms with Crippen molar-refractivity contribution in [1.82, 2.24) is 4.90 Å². The summed E-state index contributed by atoms with van der Waals surface area (Å²) in [5, 5.41) is 11.6. The first-order valence-corrected chi connectivity index (χ1v) is 10.6. The minimum atomic E-state index is -0.781. The number of ether oxygens (including phenoxy) is 2. The standard InChI is InChI=1S/C26H22ClNO5/c1-32-19-11-8-16(9-12-19)15-28-23(17-6-4-3-5-7-17)22(25(30)26(28)31)24(29)20-14-18(27)10-13-21(20)33-2/h3-14,23,29H,15H2,1-2H3/b24-22+. The van der Waals surface area contributed by atoms with E-state index in [-0.39, 0.29) is 23.4 Å². The topological polar surface area (TPSA) is 76.1 Å². The number of likely N-dealkylation sites (tertiary alicyclic amines) is 1. The minimum Gasteiger partial charge on any atom is -0.507 e. The molecule has 168 valence electrons. The number of nitrogens with zero attached hydrogens (tertiary/aromatic N) is 1. The summed E-state index contributed by atoms with van der Waals surface area (Å²) in [7, 11) is 3.03. The summed E-state index contributed by atoms with van der Waals surface area (Å²) in [6.07, 6.45) is 0. The van der Waals surface area contributed by atoms with Gasteiger partial charge in [-0.2, -0.15) is 0 Å². The van der Waals surface area contributed by atoms with Crippen LogP contribution in [0.3, 0.4) is 0 Å². The predicted octanol–water partition coefficient (Wildman–Crippen LogP) is 4.98. The summed E-state index contributed by atoms with van der Waals surface area (Å²) in [6, 6.07) is 20.3. The van der Waals surface area contributed by atoms with Crippen LogP contribution in [0, 0.1) is 0 Å². The number of methoxy groups -OCH3 is 2. The van der Waals surface area contributed by atoms with Crippen LogP contribution in [0.15, 0.2) is 78.4 Å². The smallest absolute Gasteiger partial charge is 0.295 e. The Bertz CT molecular complexity index is 1220. The van der Waals surface area contributed by atoms with Crippen molar-refractivity contribution in [1.29, 1.82) is 0 Å². The van der Waals surface area contributed by atoms with Crippen LogP contribution in [0.5, 0.6) is 11.5 Å². The third-order valence-electron chi connectivity index (χ3n) is 5.58. The second-order valence-electron chi connectivity index (χ2n) is 7.53. The van der Waals surface area contributed by atoms with Gasteiger partial charge in [0, 0.05) is 11.6 Å². The van der Waals surface area contributed by atoms with Crippen LogP contribution in [0.1, 0.15) is 22.7 Å². The molecule has 3 aromatic carbocycles. The highest BCUT2D eigenvalue weighted by Crippen LogP contribution is 2.42. The maximum Gasteiger partial charge on any atom is 0.295 e. The van der Waals surface area contributed by atoms with E-state index in [0.29, 0.717) is 22.1 Å². The SMILES string of the molecule is COc1ccc(CN2C(=O)C(=O)/C(=C(/O)c3cc(Cl)ccc3OC)C2c2ccccc2)cc1. The Labute approximate surface area is 196 Å². The number of carbonyl (C=O) groups excluding carboxylic acids is 2. The van der Waals surface area contributed by atoms with Crippen molar-refractivity contribution >= 4 is 29.1 Å². The molecule has 1 atom stereocenters. The van der Waals surface area contributed by atoms with Crippen molar-refractivity contribution in [3.05, 3.63) is 100 Å². The molecule has 3 aromatic rings. The molecule has 1 saturated heterocycles. The number of ketones is 1. The average molecular weight is 464 g/mol. The van der Waals surface area contributed by atoms with Crippen LogP contribution in [0.2, 0.25) is 5.02 Å². The quantitative estimate of drug-likeness (QED) is 0.317. The Kier molecular flexibility index (Phi) is 6.38. The minimum absolute atomic E-state index is 0.0136. The lowest BCUT2D eigenvalue weighted by Crippen LogP contribution is -2.29. The molecule has 0 spiro atoms. The highest BCUT2D eigenvalue weighted by Gasteiger charge is 2.46. The molecule has 1 N–H and O–H groups in total. The molecule has 7 heteroatoms. The number of Topliss-reactive ketones (excluding diaryl/α,β-unsaturated/α-hetero) is 1. The monoisotopic (exact) mass is 463 g/mol. The third-order valence-corrected chi connectivity index (χ3v) is 5.82. The van der Waals surface area contributed by atoms with E-state index in [1.54, 1.807) is 31.4 Å². The second-order valence-corrected chi connectivity index (χ2v) is 7.97. The zero-order valence-corrected chi connectivity index (χ0v) is 18.9. The fourth-order valence-corrected chi connectivity index (χ4v) is 4.14. The molecular formula is C26H22ClNO5. The van der Waals surface area contributed by atoms with Gasteiger partial charge in [-0.15, -0.1) is 0 Å². The molecule has 1 unspecified atom stereocenters. The van der Waals surface area contributed by atoms with Gasteiger partial charge in [-0.25, -0.2) is 0 Å². The first-order valence-electron chi connectivity index (χ1n) is 10.2. The van der Waals surface area contributed by atoms with Gasteiger partial charge in [-0.3, -0.25) is 9.59 Å². The molecule has 6 nitrogen and oxygen atoms in total. The number of hydrogen-bond acceptors (Lipinski definition) is 5. The molecule has 1 amide bonds. The van der Waals surface area contributed by atoms with E-state index in [1.165, 1.54) is 18.1 Å². The van der Waals surface area contributed by atoms with Crippen LogP contribution >= 0.6 is 11.6 Å². The number of halogens is 1. The van der Waals surface area contributed by atoms with Crippen molar-refractivity contribution in [2.24, 2.45) is 0 Å². The summed E-state index contributed by atoms with van der Waals surface area (Å²) in [4.78, 5) is 27.8. The van der Waals surface area contributed by atoms with Gasteiger partial charge in [0.05, 0.1) is 31.4 Å². The molecule has 0 aromatic heterocycles. The lowest BCUT2D eigenvalue weighted by atomic mass is 9.95. The number of benzene rings is 3. The van der Waals surface area contributed by atoms with Gasteiger partial charge in [0.1, 0.15) is 17.3 Å². The van der Waals surface area contributed by atoms with Crippen LogP contribution in [0.25, 0.3) is 5.76 Å². The van der Waals surface area contributed by atoms with E-state index in [0.717, 1.165) is 5.56 Å². The number of aliphatic hydroxyl groups is 1. The summed E-state index contributed by atoms with van der Waals surface area (Å²) < 4.78 is 10.6. The average Bonchev–Trinajstić information content (AvgIpc) is 3.09. The summed E-state index contributed by atoms with van der Waals surface area (Å²) in [5.41, 5.74) is 1.75. The molecular weight excluding hydrogens is 442 g/mol. The van der Waals surface area contributed by atoms with E-state index in [1.807, 2.05) is 42.5 Å². The van der Waals surface area contributed by atoms with Gasteiger partial charge < -0.3 is 19.5 Å². The molecule has 1 heterocycles. The van der Waals surface area contributed by atoms with Crippen LogP contribution < -0.4 is 9.47 Å². The third kappa shape index (κ3) is 4.30. The molecule has 0 radical (unpaired) electrons. The summed E-state index contributed by atoms with van der Waals surface area (Å²) >= 11 is 6.14. The van der Waals surface area contributed by atoms with Crippen molar-refractivity contribution < 1.29 is 24.2 Å². The molecule has 0 bridgehead atoms. The zero-order chi connectivity index (χ0) is 23.5. The first-order chi connectivity index (χ1) is 15.9. The van der Waals surface area contributed by atoms with Gasteiger partial charge >= 0.3 is 0 Å². The van der Waals surface area contributed by atoms with Crippen LogP contribution in [-0.4, -0.2) is 35.9 Å². The highest BCUT2D eigenvalue weighted by atomic mass is 35.5. The Balaban J connectivity index is 1.86. The van der Waals surface area contributed by atoms with E-state index >= 15 is 0 Å². The van der Waals surface area contributed by atoms with E-state index in [2.05, 4.69) is 0 Å². The maximum atomic E-state index is 13.2. The van der Waals surface area contributed by atoms with E-state index in [4.69, 9.17) is 21.1 Å². The summed E-state index contributed by atoms with van der Waals surface area (Å²) in [5.74, 6) is -0.767. The number of hydrogen-bond donors (Lipinski definition) is 1. The fourth-order valence-electron chi connectivity index (χ4n) is 3.96. The largest absolute Gasteiger partial charge is 0.507 e. The Morgan fingerprint density at radius 3 is 2.30 bits per heavy atom. The fraction of sp³-hybridized carbons (Fsp3) is 0.154. The van der Waals surface area contributed by atoms with Crippen molar-refractivity contribution in [3.8, 4) is 11.5 Å². The zero-order valence-electron chi connectivity index (χ0n) is 18.1. The first kappa shape index (κ1) is 22.4. The van der Waals surface area contributed by atoms with Gasteiger partial charge in [-0.1, -0.05) is 54.1 Å². The van der Waals surface area contributed by atoms with Gasteiger partial charge in [-0.05, 0) is 41.5 Å². The number of amides is 1.